The number of benzene rings is 1. The zero-order valence-corrected chi connectivity index (χ0v) is 11.5. The van der Waals surface area contributed by atoms with Crippen LogP contribution in [0.25, 0.3) is 0 Å². The number of rotatable bonds is 6. The number of halogens is 2. The van der Waals surface area contributed by atoms with Crippen LogP contribution in [-0.2, 0) is 16.1 Å². The van der Waals surface area contributed by atoms with Crippen molar-refractivity contribution in [3.8, 4) is 0 Å². The van der Waals surface area contributed by atoms with Gasteiger partial charge < -0.3 is 4.74 Å². The highest BCUT2D eigenvalue weighted by atomic mass is 19.1. The van der Waals surface area contributed by atoms with E-state index in [2.05, 4.69) is 0 Å². The summed E-state index contributed by atoms with van der Waals surface area (Å²) in [5.41, 5.74) is -0.0273. The highest BCUT2D eigenvalue weighted by molar-refractivity contribution is 5.71. The molecule has 3 nitrogen and oxygen atoms in total. The fourth-order valence-corrected chi connectivity index (χ4v) is 1.68. The van der Waals surface area contributed by atoms with Gasteiger partial charge in [-0.1, -0.05) is 6.07 Å². The first-order chi connectivity index (χ1) is 8.95. The van der Waals surface area contributed by atoms with Gasteiger partial charge >= 0.3 is 5.97 Å². The van der Waals surface area contributed by atoms with Crippen LogP contribution in [0.3, 0.4) is 0 Å². The van der Waals surface area contributed by atoms with Crippen LogP contribution in [0.15, 0.2) is 18.2 Å². The summed E-state index contributed by atoms with van der Waals surface area (Å²) in [4.78, 5) is 13.1. The zero-order valence-electron chi connectivity index (χ0n) is 11.5. The van der Waals surface area contributed by atoms with Crippen LogP contribution in [-0.4, -0.2) is 30.1 Å². The van der Waals surface area contributed by atoms with Crippen LogP contribution in [0.4, 0.5) is 8.78 Å². The van der Waals surface area contributed by atoms with Gasteiger partial charge in [0.25, 0.3) is 0 Å². The summed E-state index contributed by atoms with van der Waals surface area (Å²) >= 11 is 0. The number of hydrogen-bond acceptors (Lipinski definition) is 3. The maximum absolute atomic E-state index is 13.6. The van der Waals surface area contributed by atoms with Crippen molar-refractivity contribution in [1.29, 1.82) is 0 Å². The zero-order chi connectivity index (χ0) is 14.4. The van der Waals surface area contributed by atoms with E-state index in [-0.39, 0.29) is 24.7 Å². The number of nitrogens with zero attached hydrogens (tertiary/aromatic N) is 1. The summed E-state index contributed by atoms with van der Waals surface area (Å²) in [6, 6.07) is 3.71. The van der Waals surface area contributed by atoms with Crippen molar-refractivity contribution in [1.82, 2.24) is 4.90 Å². The summed E-state index contributed by atoms with van der Waals surface area (Å²) in [6.07, 6.45) is 0. The van der Waals surface area contributed by atoms with E-state index in [9.17, 15) is 13.6 Å². The highest BCUT2D eigenvalue weighted by Crippen LogP contribution is 2.16. The number of ether oxygens (including phenoxy) is 1. The molecule has 0 radical (unpaired) electrons. The third-order valence-electron chi connectivity index (χ3n) is 2.79. The maximum atomic E-state index is 13.6. The minimum Gasteiger partial charge on any atom is -0.465 e. The standard InChI is InChI=1S/C14H19F2NO2/c1-4-19-14(18)9-17(10(2)3)8-11-12(15)6-5-7-13(11)16/h5-7,10H,4,8-9H2,1-3H3. The van der Waals surface area contributed by atoms with E-state index in [4.69, 9.17) is 4.74 Å². The van der Waals surface area contributed by atoms with Gasteiger partial charge in [-0.25, -0.2) is 8.78 Å². The largest absolute Gasteiger partial charge is 0.465 e. The fraction of sp³-hybridized carbons (Fsp3) is 0.500. The molecule has 0 aliphatic rings. The van der Waals surface area contributed by atoms with Gasteiger partial charge in [-0.15, -0.1) is 0 Å². The van der Waals surface area contributed by atoms with Gasteiger partial charge in [0.05, 0.1) is 13.2 Å². The molecule has 1 rings (SSSR count). The fourth-order valence-electron chi connectivity index (χ4n) is 1.68. The lowest BCUT2D eigenvalue weighted by atomic mass is 10.1. The molecule has 0 aliphatic carbocycles. The lowest BCUT2D eigenvalue weighted by Gasteiger charge is -2.25. The Balaban J connectivity index is 2.81. The molecule has 106 valence electrons. The van der Waals surface area contributed by atoms with E-state index in [1.165, 1.54) is 18.2 Å². The van der Waals surface area contributed by atoms with Crippen molar-refractivity contribution < 1.29 is 18.3 Å². The average molecular weight is 271 g/mol. The van der Waals surface area contributed by atoms with Crippen LogP contribution in [0.1, 0.15) is 26.3 Å². The van der Waals surface area contributed by atoms with Crippen LogP contribution >= 0.6 is 0 Å². The molecule has 1 aromatic carbocycles. The van der Waals surface area contributed by atoms with E-state index in [0.717, 1.165) is 0 Å². The van der Waals surface area contributed by atoms with E-state index in [1.54, 1.807) is 11.8 Å². The molecule has 5 heteroatoms. The van der Waals surface area contributed by atoms with Crippen molar-refractivity contribution in [3.63, 3.8) is 0 Å². The minimum absolute atomic E-state index is 0.0132. The molecule has 0 saturated carbocycles. The Morgan fingerprint density at radius 2 is 1.89 bits per heavy atom. The Morgan fingerprint density at radius 1 is 1.32 bits per heavy atom. The quantitative estimate of drug-likeness (QED) is 0.745. The van der Waals surface area contributed by atoms with Crippen molar-refractivity contribution in [2.24, 2.45) is 0 Å². The lowest BCUT2D eigenvalue weighted by molar-refractivity contribution is -0.145. The van der Waals surface area contributed by atoms with Gasteiger partial charge in [-0.3, -0.25) is 9.69 Å². The van der Waals surface area contributed by atoms with Gasteiger partial charge in [0.15, 0.2) is 0 Å². The second-order valence-corrected chi connectivity index (χ2v) is 4.50. The molecule has 0 saturated heterocycles. The summed E-state index contributed by atoms with van der Waals surface area (Å²) in [6.45, 7) is 5.77. The van der Waals surface area contributed by atoms with Crippen LogP contribution in [0.5, 0.6) is 0 Å². The molecule has 0 spiro atoms. The molecule has 0 fully saturated rings. The van der Waals surface area contributed by atoms with Crippen molar-refractivity contribution >= 4 is 5.97 Å². The highest BCUT2D eigenvalue weighted by Gasteiger charge is 2.19. The molecular weight excluding hydrogens is 252 g/mol. The molecule has 0 aliphatic heterocycles. The molecule has 19 heavy (non-hydrogen) atoms. The van der Waals surface area contributed by atoms with Crippen molar-refractivity contribution in [2.45, 2.75) is 33.4 Å². The monoisotopic (exact) mass is 271 g/mol. The van der Waals surface area contributed by atoms with Crippen LogP contribution in [0.2, 0.25) is 0 Å². The predicted octanol–water partition coefficient (Wildman–Crippen LogP) is 2.74. The molecule has 1 aromatic rings. The Kier molecular flexibility index (Phi) is 5.89. The predicted molar refractivity (Wildman–Crippen MR) is 68.5 cm³/mol. The second-order valence-electron chi connectivity index (χ2n) is 4.50. The summed E-state index contributed by atoms with van der Waals surface area (Å²) in [7, 11) is 0. The van der Waals surface area contributed by atoms with E-state index >= 15 is 0 Å². The lowest BCUT2D eigenvalue weighted by Crippen LogP contribution is -2.36. The third-order valence-corrected chi connectivity index (χ3v) is 2.79. The number of carbonyl (C=O) groups is 1. The number of esters is 1. The van der Waals surface area contributed by atoms with E-state index in [1.807, 2.05) is 13.8 Å². The summed E-state index contributed by atoms with van der Waals surface area (Å²) in [5.74, 6) is -1.60. The SMILES string of the molecule is CCOC(=O)CN(Cc1c(F)cccc1F)C(C)C. The topological polar surface area (TPSA) is 29.5 Å². The van der Waals surface area contributed by atoms with Crippen LogP contribution in [0, 0.1) is 11.6 Å². The first-order valence-corrected chi connectivity index (χ1v) is 6.28. The molecular formula is C14H19F2NO2. The van der Waals surface area contributed by atoms with Gasteiger partial charge in [0.2, 0.25) is 0 Å². The maximum Gasteiger partial charge on any atom is 0.320 e. The Morgan fingerprint density at radius 3 is 2.37 bits per heavy atom. The Hall–Kier alpha value is -1.49. The van der Waals surface area contributed by atoms with Gasteiger partial charge in [-0.05, 0) is 32.9 Å². The third kappa shape index (κ3) is 4.59. The molecule has 0 N–H and O–H groups in total. The number of hydrogen-bond donors (Lipinski definition) is 0. The molecule has 0 unspecified atom stereocenters. The molecule has 0 atom stereocenters. The van der Waals surface area contributed by atoms with Gasteiger partial charge in [0, 0.05) is 18.2 Å². The summed E-state index contributed by atoms with van der Waals surface area (Å²) in [5, 5.41) is 0. The molecule has 0 bridgehead atoms. The normalized spacial score (nSPS) is 11.1. The first-order valence-electron chi connectivity index (χ1n) is 6.28. The van der Waals surface area contributed by atoms with Crippen molar-refractivity contribution in [2.75, 3.05) is 13.2 Å². The van der Waals surface area contributed by atoms with E-state index < -0.39 is 17.6 Å². The average Bonchev–Trinajstić information content (AvgIpc) is 2.32. The Bertz CT molecular complexity index is 415. The molecule has 0 amide bonds. The smallest absolute Gasteiger partial charge is 0.320 e. The Labute approximate surface area is 112 Å². The van der Waals surface area contributed by atoms with Gasteiger partial charge in [-0.2, -0.15) is 0 Å². The first kappa shape index (κ1) is 15.6. The summed E-state index contributed by atoms with van der Waals surface area (Å²) < 4.78 is 32.0. The minimum atomic E-state index is -0.602. The number of carbonyl (C=O) groups excluding carboxylic acids is 1. The van der Waals surface area contributed by atoms with Crippen molar-refractivity contribution in [3.05, 3.63) is 35.4 Å². The van der Waals surface area contributed by atoms with Crippen LogP contribution < -0.4 is 0 Å². The van der Waals surface area contributed by atoms with E-state index in [0.29, 0.717) is 6.61 Å². The molecule has 0 aromatic heterocycles. The molecule has 0 heterocycles. The van der Waals surface area contributed by atoms with Gasteiger partial charge in [0.1, 0.15) is 11.6 Å². The second kappa shape index (κ2) is 7.19.